The molecule has 0 saturated carbocycles. The molecule has 184 valence electrons. The fourth-order valence-corrected chi connectivity index (χ4v) is 4.16. The SMILES string of the molecule is CCOc1cc(/C=C(/C#N)C(=O)Nc2cccc(Cl)c2)cc(I)c1OCC(=O)Nc1ccccc1C. The Morgan fingerprint density at radius 2 is 1.86 bits per heavy atom. The summed E-state index contributed by atoms with van der Waals surface area (Å²) in [6, 6.07) is 19.4. The highest BCUT2D eigenvalue weighted by Gasteiger charge is 2.16. The number of ether oxygens (including phenoxy) is 2. The number of carbonyl (C=O) groups excluding carboxylic acids is 2. The summed E-state index contributed by atoms with van der Waals surface area (Å²) in [4.78, 5) is 25.1. The summed E-state index contributed by atoms with van der Waals surface area (Å²) in [7, 11) is 0. The lowest BCUT2D eigenvalue weighted by Crippen LogP contribution is -2.21. The monoisotopic (exact) mass is 615 g/mol. The molecule has 0 aliphatic rings. The second-order valence-corrected chi connectivity index (χ2v) is 9.15. The van der Waals surface area contributed by atoms with Gasteiger partial charge in [0.25, 0.3) is 11.8 Å². The van der Waals surface area contributed by atoms with Crippen molar-refractivity contribution < 1.29 is 19.1 Å². The first-order valence-electron chi connectivity index (χ1n) is 10.9. The molecule has 2 N–H and O–H groups in total. The van der Waals surface area contributed by atoms with Gasteiger partial charge in [0, 0.05) is 16.4 Å². The molecular formula is C27H23ClIN3O4. The molecule has 0 saturated heterocycles. The van der Waals surface area contributed by atoms with Crippen molar-refractivity contribution >= 4 is 63.5 Å². The van der Waals surface area contributed by atoms with Gasteiger partial charge in [0.15, 0.2) is 18.1 Å². The van der Waals surface area contributed by atoms with Gasteiger partial charge >= 0.3 is 0 Å². The number of nitrogens with zero attached hydrogens (tertiary/aromatic N) is 1. The molecule has 0 heterocycles. The van der Waals surface area contributed by atoms with Crippen LogP contribution in [0.3, 0.4) is 0 Å². The second kappa shape index (κ2) is 13.0. The Kier molecular flexibility index (Phi) is 9.73. The van der Waals surface area contributed by atoms with Crippen molar-refractivity contribution in [3.63, 3.8) is 0 Å². The number of carbonyl (C=O) groups is 2. The Morgan fingerprint density at radius 3 is 2.56 bits per heavy atom. The molecule has 0 fully saturated rings. The van der Waals surface area contributed by atoms with Crippen molar-refractivity contribution in [1.82, 2.24) is 0 Å². The maximum atomic E-state index is 12.6. The molecule has 7 nitrogen and oxygen atoms in total. The number of aryl methyl sites for hydroxylation is 1. The van der Waals surface area contributed by atoms with Crippen LogP contribution in [0.4, 0.5) is 11.4 Å². The Hall–Kier alpha value is -3.55. The number of nitriles is 1. The quantitative estimate of drug-likeness (QED) is 0.169. The summed E-state index contributed by atoms with van der Waals surface area (Å²) in [5.41, 5.74) is 2.61. The maximum Gasteiger partial charge on any atom is 0.266 e. The van der Waals surface area contributed by atoms with Crippen molar-refractivity contribution in [1.29, 1.82) is 5.26 Å². The topological polar surface area (TPSA) is 100 Å². The first kappa shape index (κ1) is 27.0. The number of amides is 2. The third kappa shape index (κ3) is 7.47. The molecule has 0 radical (unpaired) electrons. The van der Waals surface area contributed by atoms with E-state index in [-0.39, 0.29) is 18.1 Å². The third-order valence-electron chi connectivity index (χ3n) is 4.86. The first-order valence-corrected chi connectivity index (χ1v) is 12.4. The number of para-hydroxylation sites is 1. The first-order chi connectivity index (χ1) is 17.3. The zero-order valence-electron chi connectivity index (χ0n) is 19.6. The smallest absolute Gasteiger partial charge is 0.266 e. The van der Waals surface area contributed by atoms with Gasteiger partial charge in [0.2, 0.25) is 0 Å². The minimum absolute atomic E-state index is 0.0977. The number of nitrogens with one attached hydrogen (secondary N) is 2. The van der Waals surface area contributed by atoms with E-state index in [0.717, 1.165) is 5.56 Å². The van der Waals surface area contributed by atoms with Crippen molar-refractivity contribution in [3.05, 3.63) is 86.0 Å². The van der Waals surface area contributed by atoms with Gasteiger partial charge in [-0.05, 0) is 90.0 Å². The Balaban J connectivity index is 1.78. The zero-order chi connectivity index (χ0) is 26.1. The van der Waals surface area contributed by atoms with Crippen LogP contribution in [-0.2, 0) is 9.59 Å². The normalized spacial score (nSPS) is 10.8. The van der Waals surface area contributed by atoms with Gasteiger partial charge in [0.1, 0.15) is 11.6 Å². The molecule has 3 aromatic carbocycles. The standard InChI is InChI=1S/C27H23ClIN3O4/c1-3-35-24-13-18(11-19(15-30)27(34)31-21-9-6-8-20(28)14-21)12-22(29)26(24)36-16-25(33)32-23-10-5-4-7-17(23)2/h4-14H,3,16H2,1-2H3,(H,31,34)(H,32,33)/b19-11-. The van der Waals surface area contributed by atoms with Crippen LogP contribution in [-0.4, -0.2) is 25.0 Å². The number of anilines is 2. The Labute approximate surface area is 228 Å². The van der Waals surface area contributed by atoms with Crippen LogP contribution in [0.15, 0.2) is 66.2 Å². The number of rotatable bonds is 9. The predicted octanol–water partition coefficient (Wildman–Crippen LogP) is 6.21. The minimum atomic E-state index is -0.569. The molecule has 0 aliphatic heterocycles. The van der Waals surface area contributed by atoms with Gasteiger partial charge in [0.05, 0.1) is 10.2 Å². The molecule has 9 heteroatoms. The van der Waals surface area contributed by atoms with Crippen LogP contribution in [0, 0.1) is 21.8 Å². The summed E-state index contributed by atoms with van der Waals surface area (Å²) in [5.74, 6) is -0.0831. The molecule has 0 unspecified atom stereocenters. The van der Waals surface area contributed by atoms with Crippen LogP contribution in [0.2, 0.25) is 5.02 Å². The summed E-state index contributed by atoms with van der Waals surface area (Å²) in [6.07, 6.45) is 1.46. The van der Waals surface area contributed by atoms with Crippen LogP contribution >= 0.6 is 34.2 Å². The van der Waals surface area contributed by atoms with E-state index in [1.807, 2.05) is 44.2 Å². The summed E-state index contributed by atoms with van der Waals surface area (Å²) in [6.45, 7) is 3.87. The zero-order valence-corrected chi connectivity index (χ0v) is 22.5. The minimum Gasteiger partial charge on any atom is -0.490 e. The lowest BCUT2D eigenvalue weighted by molar-refractivity contribution is -0.118. The average Bonchev–Trinajstić information content (AvgIpc) is 2.83. The molecule has 36 heavy (non-hydrogen) atoms. The second-order valence-electron chi connectivity index (χ2n) is 7.55. The van der Waals surface area contributed by atoms with E-state index >= 15 is 0 Å². The molecule has 0 aromatic heterocycles. The molecule has 0 atom stereocenters. The van der Waals surface area contributed by atoms with Crippen LogP contribution < -0.4 is 20.1 Å². The molecular weight excluding hydrogens is 593 g/mol. The van der Waals surface area contributed by atoms with E-state index in [0.29, 0.717) is 43.6 Å². The maximum absolute atomic E-state index is 12.6. The molecule has 0 aliphatic carbocycles. The third-order valence-corrected chi connectivity index (χ3v) is 5.89. The fraction of sp³-hybridized carbons (Fsp3) is 0.148. The lowest BCUT2D eigenvalue weighted by Gasteiger charge is -2.15. The van der Waals surface area contributed by atoms with Crippen LogP contribution in [0.5, 0.6) is 11.5 Å². The number of hydrogen-bond donors (Lipinski definition) is 2. The number of hydrogen-bond acceptors (Lipinski definition) is 5. The van der Waals surface area contributed by atoms with Gasteiger partial charge in [-0.2, -0.15) is 5.26 Å². The predicted molar refractivity (Wildman–Crippen MR) is 149 cm³/mol. The summed E-state index contributed by atoms with van der Waals surface area (Å²) < 4.78 is 12.2. The molecule has 2 amide bonds. The molecule has 0 bridgehead atoms. The highest BCUT2D eigenvalue weighted by atomic mass is 127. The summed E-state index contributed by atoms with van der Waals surface area (Å²) >= 11 is 8.02. The van der Waals surface area contributed by atoms with E-state index in [9.17, 15) is 14.9 Å². The van der Waals surface area contributed by atoms with Crippen molar-refractivity contribution in [2.24, 2.45) is 0 Å². The van der Waals surface area contributed by atoms with Crippen LogP contribution in [0.25, 0.3) is 6.08 Å². The Bertz CT molecular complexity index is 1350. The average molecular weight is 616 g/mol. The highest BCUT2D eigenvalue weighted by Crippen LogP contribution is 2.35. The largest absolute Gasteiger partial charge is 0.490 e. The van der Waals surface area contributed by atoms with Gasteiger partial charge in [-0.1, -0.05) is 35.9 Å². The highest BCUT2D eigenvalue weighted by molar-refractivity contribution is 14.1. The summed E-state index contributed by atoms with van der Waals surface area (Å²) in [5, 5.41) is 15.5. The Morgan fingerprint density at radius 1 is 1.08 bits per heavy atom. The van der Waals surface area contributed by atoms with Gasteiger partial charge in [-0.3, -0.25) is 9.59 Å². The van der Waals surface area contributed by atoms with E-state index in [1.54, 1.807) is 36.4 Å². The van der Waals surface area contributed by atoms with Crippen molar-refractivity contribution in [2.75, 3.05) is 23.8 Å². The van der Waals surface area contributed by atoms with E-state index < -0.39 is 5.91 Å². The van der Waals surface area contributed by atoms with Crippen molar-refractivity contribution in [2.45, 2.75) is 13.8 Å². The molecule has 0 spiro atoms. The number of benzene rings is 3. The lowest BCUT2D eigenvalue weighted by atomic mass is 10.1. The number of halogens is 2. The van der Waals surface area contributed by atoms with Gasteiger partial charge in [-0.15, -0.1) is 0 Å². The van der Waals surface area contributed by atoms with Crippen LogP contribution in [0.1, 0.15) is 18.1 Å². The molecule has 3 aromatic rings. The van der Waals surface area contributed by atoms with E-state index in [4.69, 9.17) is 21.1 Å². The fourth-order valence-electron chi connectivity index (χ4n) is 3.19. The van der Waals surface area contributed by atoms with E-state index in [1.165, 1.54) is 6.08 Å². The van der Waals surface area contributed by atoms with Gasteiger partial charge < -0.3 is 20.1 Å². The van der Waals surface area contributed by atoms with Crippen molar-refractivity contribution in [3.8, 4) is 17.6 Å². The van der Waals surface area contributed by atoms with E-state index in [2.05, 4.69) is 33.2 Å². The molecule has 3 rings (SSSR count). The van der Waals surface area contributed by atoms with Gasteiger partial charge in [-0.25, -0.2) is 0 Å².